The van der Waals surface area contributed by atoms with Gasteiger partial charge in [0.1, 0.15) is 6.17 Å². The number of carbonyl (C=O) groups excluding carboxylic acids is 2. The van der Waals surface area contributed by atoms with Gasteiger partial charge in [-0.1, -0.05) is 24.3 Å². The zero-order valence-electron chi connectivity index (χ0n) is 24.9. The minimum Gasteiger partial charge on any atom is -0.451 e. The van der Waals surface area contributed by atoms with E-state index in [-0.39, 0.29) is 41.4 Å². The van der Waals surface area contributed by atoms with Crippen LogP contribution in [0.3, 0.4) is 0 Å². The average molecular weight is 652 g/mol. The molecule has 2 aromatic carbocycles. The van der Waals surface area contributed by atoms with Gasteiger partial charge in [-0.15, -0.1) is 11.8 Å². The first-order valence-electron chi connectivity index (χ1n) is 15.4. The molecule has 5 atom stereocenters. The van der Waals surface area contributed by atoms with Gasteiger partial charge in [-0.05, 0) is 55.9 Å². The lowest BCUT2D eigenvalue weighted by molar-refractivity contribution is -0.0758. The Morgan fingerprint density at radius 1 is 1.09 bits per heavy atom. The predicted octanol–water partition coefficient (Wildman–Crippen LogP) is 5.09. The first kappa shape index (κ1) is 29.3. The summed E-state index contributed by atoms with van der Waals surface area (Å²) in [6.07, 6.45) is 3.30. The Morgan fingerprint density at radius 3 is 2.76 bits per heavy atom. The molecule has 13 heteroatoms. The normalized spacial score (nSPS) is 27.2. The Labute approximate surface area is 267 Å². The number of carbonyl (C=O) groups is 2. The summed E-state index contributed by atoms with van der Waals surface area (Å²) in [4.78, 5) is 42.3. The Hall–Kier alpha value is -4.10. The molecule has 1 aromatic heterocycles. The fraction of sp³-hybridized carbons (Fsp3) is 0.424. The van der Waals surface area contributed by atoms with Gasteiger partial charge in [0.15, 0.2) is 17.3 Å². The highest BCUT2D eigenvalue weighted by Crippen LogP contribution is 2.57. The maximum Gasteiger partial charge on any atom is 0.511 e. The zero-order valence-corrected chi connectivity index (χ0v) is 25.8. The molecule has 8 rings (SSSR count). The Balaban J connectivity index is 1.35. The Kier molecular flexibility index (Phi) is 7.02. The number of hydrogen-bond donors (Lipinski definition) is 0. The van der Waals surface area contributed by atoms with Crippen LogP contribution in [-0.2, 0) is 20.0 Å². The highest BCUT2D eigenvalue weighted by atomic mass is 32.2. The van der Waals surface area contributed by atoms with Crippen LogP contribution >= 0.6 is 11.8 Å². The highest BCUT2D eigenvalue weighted by Gasteiger charge is 2.63. The second kappa shape index (κ2) is 11.0. The minimum absolute atomic E-state index is 0.0465. The molecule has 3 fully saturated rings. The van der Waals surface area contributed by atoms with E-state index in [2.05, 4.69) is 0 Å². The van der Waals surface area contributed by atoms with Gasteiger partial charge in [-0.3, -0.25) is 19.3 Å². The van der Waals surface area contributed by atoms with Crippen LogP contribution in [0.25, 0.3) is 0 Å². The number of thioether (sulfide) groups is 1. The molecule has 5 aliphatic rings. The molecule has 6 heterocycles. The lowest BCUT2D eigenvalue weighted by Gasteiger charge is -2.57. The number of ether oxygens (including phenoxy) is 4. The van der Waals surface area contributed by atoms with E-state index in [1.807, 2.05) is 29.3 Å². The van der Waals surface area contributed by atoms with E-state index in [4.69, 9.17) is 18.9 Å². The Morgan fingerprint density at radius 2 is 1.93 bits per heavy atom. The first-order valence-corrected chi connectivity index (χ1v) is 16.4. The number of rotatable bonds is 5. The van der Waals surface area contributed by atoms with Crippen LogP contribution in [0.1, 0.15) is 65.8 Å². The molecule has 5 aliphatic heterocycles. The number of fused-ring (bicyclic) bond motifs is 6. The van der Waals surface area contributed by atoms with Crippen molar-refractivity contribution in [3.8, 4) is 5.75 Å². The largest absolute Gasteiger partial charge is 0.511 e. The predicted molar refractivity (Wildman–Crippen MR) is 161 cm³/mol. The molecule has 1 spiro atoms. The van der Waals surface area contributed by atoms with Crippen molar-refractivity contribution < 1.29 is 37.3 Å². The SMILES string of the molecule is CCOC(=O)OCOc1c2n(ccc1=O)N([C@@H]1c3ccccc3SCc3c1ccc(F)c3F)[C@@H]1[C@H]3C[C@@H]4CC[C@@]3(CCN1C2=O)O4. The van der Waals surface area contributed by atoms with Crippen molar-refractivity contribution in [3.63, 3.8) is 0 Å². The second-order valence-electron chi connectivity index (χ2n) is 12.2. The standard InChI is InChI=1S/C33H31F2N3O7S/c1-2-42-32(41)44-17-43-29-24(39)10-13-37-28(29)31(40)36-14-12-33-11-9-18(45-33)15-22(33)30(36)38(37)27-19-7-8-23(34)26(35)21(19)16-46-25-6-4-3-5-20(25)27/h3-8,10,13,18,22,27,30H,2,9,11-12,14-17H2,1H3/t18-,22+,27-,30+,33-/m0/s1. The smallest absolute Gasteiger partial charge is 0.451 e. The summed E-state index contributed by atoms with van der Waals surface area (Å²) in [5.74, 6) is -2.40. The van der Waals surface area contributed by atoms with E-state index in [1.165, 1.54) is 24.0 Å². The summed E-state index contributed by atoms with van der Waals surface area (Å²) in [6, 6.07) is 11.1. The van der Waals surface area contributed by atoms with Gasteiger partial charge < -0.3 is 23.8 Å². The van der Waals surface area contributed by atoms with Gasteiger partial charge in [0.2, 0.25) is 18.0 Å². The monoisotopic (exact) mass is 651 g/mol. The van der Waals surface area contributed by atoms with Gasteiger partial charge in [0, 0.05) is 40.9 Å². The molecule has 1 amide bonds. The van der Waals surface area contributed by atoms with Crippen molar-refractivity contribution in [1.29, 1.82) is 0 Å². The number of amides is 1. The molecule has 0 saturated carbocycles. The molecule has 0 radical (unpaired) electrons. The molecule has 0 aliphatic carbocycles. The fourth-order valence-corrected chi connectivity index (χ4v) is 9.20. The molecule has 46 heavy (non-hydrogen) atoms. The summed E-state index contributed by atoms with van der Waals surface area (Å²) < 4.78 is 54.0. The maximum atomic E-state index is 15.6. The number of piperidine rings is 1. The van der Waals surface area contributed by atoms with Crippen LogP contribution in [0.2, 0.25) is 0 Å². The molecule has 3 aromatic rings. The van der Waals surface area contributed by atoms with Crippen molar-refractivity contribution in [2.24, 2.45) is 5.92 Å². The summed E-state index contributed by atoms with van der Waals surface area (Å²) in [7, 11) is 0. The fourth-order valence-electron chi connectivity index (χ4n) is 8.09. The topological polar surface area (TPSA) is 99.5 Å². The van der Waals surface area contributed by atoms with Gasteiger partial charge in [0.05, 0.1) is 24.4 Å². The van der Waals surface area contributed by atoms with Crippen molar-refractivity contribution in [1.82, 2.24) is 9.58 Å². The quantitative estimate of drug-likeness (QED) is 0.276. The lowest BCUT2D eigenvalue weighted by Crippen LogP contribution is -2.70. The van der Waals surface area contributed by atoms with Crippen molar-refractivity contribution in [2.45, 2.75) is 67.2 Å². The van der Waals surface area contributed by atoms with E-state index < -0.39 is 53.7 Å². The molecular weight excluding hydrogens is 620 g/mol. The molecule has 0 unspecified atom stereocenters. The number of halogens is 2. The number of nitrogens with zero attached hydrogens (tertiary/aromatic N) is 3. The van der Waals surface area contributed by atoms with Crippen molar-refractivity contribution in [3.05, 3.63) is 92.9 Å². The van der Waals surface area contributed by atoms with E-state index in [0.717, 1.165) is 35.8 Å². The highest BCUT2D eigenvalue weighted by molar-refractivity contribution is 7.98. The Bertz CT molecular complexity index is 1820. The molecule has 240 valence electrons. The number of hydrogen-bond acceptors (Lipinski definition) is 9. The molecular formula is C33H31F2N3O7S. The zero-order chi connectivity index (χ0) is 31.7. The van der Waals surface area contributed by atoms with Gasteiger partial charge in [0.25, 0.3) is 5.91 Å². The van der Waals surface area contributed by atoms with E-state index in [0.29, 0.717) is 18.5 Å². The average Bonchev–Trinajstić information content (AvgIpc) is 3.58. The van der Waals surface area contributed by atoms with Crippen LogP contribution in [-0.4, -0.2) is 59.5 Å². The molecule has 10 nitrogen and oxygen atoms in total. The van der Waals surface area contributed by atoms with Crippen LogP contribution in [0.5, 0.6) is 5.75 Å². The number of pyridine rings is 1. The van der Waals surface area contributed by atoms with Crippen LogP contribution < -0.4 is 15.2 Å². The molecule has 0 N–H and O–H groups in total. The summed E-state index contributed by atoms with van der Waals surface area (Å²) in [6.45, 7) is 1.42. The van der Waals surface area contributed by atoms with Crippen molar-refractivity contribution in [2.75, 3.05) is 25.0 Å². The van der Waals surface area contributed by atoms with E-state index >= 15 is 4.39 Å². The van der Waals surface area contributed by atoms with Crippen LogP contribution in [0.4, 0.5) is 13.6 Å². The van der Waals surface area contributed by atoms with Gasteiger partial charge >= 0.3 is 6.16 Å². The molecule has 3 saturated heterocycles. The van der Waals surface area contributed by atoms with Crippen LogP contribution in [0, 0.1) is 17.6 Å². The number of benzene rings is 2. The first-order chi connectivity index (χ1) is 22.3. The van der Waals surface area contributed by atoms with Gasteiger partial charge in [-0.2, -0.15) is 0 Å². The summed E-state index contributed by atoms with van der Waals surface area (Å²) in [5, 5.41) is 2.02. The summed E-state index contributed by atoms with van der Waals surface area (Å²) >= 11 is 1.42. The number of aromatic nitrogens is 1. The van der Waals surface area contributed by atoms with E-state index in [9.17, 15) is 18.8 Å². The second-order valence-corrected chi connectivity index (χ2v) is 13.2. The lowest BCUT2D eigenvalue weighted by atomic mass is 9.71. The van der Waals surface area contributed by atoms with Crippen LogP contribution in [0.15, 0.2) is 58.4 Å². The third-order valence-corrected chi connectivity index (χ3v) is 11.1. The van der Waals surface area contributed by atoms with E-state index in [1.54, 1.807) is 22.6 Å². The third kappa shape index (κ3) is 4.34. The maximum absolute atomic E-state index is 15.6. The minimum atomic E-state index is -0.975. The van der Waals surface area contributed by atoms with Crippen molar-refractivity contribution >= 4 is 23.8 Å². The van der Waals surface area contributed by atoms with Gasteiger partial charge in [-0.25, -0.2) is 13.6 Å². The third-order valence-electron chi connectivity index (χ3n) is 9.98. The summed E-state index contributed by atoms with van der Waals surface area (Å²) in [5.41, 5.74) is 0.623. The molecule has 2 bridgehead atoms.